The summed E-state index contributed by atoms with van der Waals surface area (Å²) in [6, 6.07) is -0.449. The van der Waals surface area contributed by atoms with E-state index in [1.165, 1.54) is 37.4 Å². The van der Waals surface area contributed by atoms with Gasteiger partial charge in [0.25, 0.3) is 0 Å². The number of carboxylic acids is 1. The Kier molecular flexibility index (Phi) is 5.72. The summed E-state index contributed by atoms with van der Waals surface area (Å²) in [5, 5.41) is 8.72. The molecule has 5 nitrogen and oxygen atoms in total. The fraction of sp³-hybridized carbons (Fsp3) is 0.857. The summed E-state index contributed by atoms with van der Waals surface area (Å²) in [6.07, 6.45) is 7.27. The minimum absolute atomic E-state index is 0.157. The van der Waals surface area contributed by atoms with Gasteiger partial charge in [-0.05, 0) is 31.6 Å². The Balaban J connectivity index is 1.80. The van der Waals surface area contributed by atoms with E-state index in [0.29, 0.717) is 23.5 Å². The molecule has 1 aliphatic heterocycles. The van der Waals surface area contributed by atoms with Crippen LogP contribution in [0.3, 0.4) is 0 Å². The zero-order chi connectivity index (χ0) is 14.5. The summed E-state index contributed by atoms with van der Waals surface area (Å²) in [5.41, 5.74) is 5.44. The fourth-order valence-electron chi connectivity index (χ4n) is 3.36. The van der Waals surface area contributed by atoms with Crippen molar-refractivity contribution >= 4 is 23.6 Å². The molecular formula is C14H24N2O3S. The maximum absolute atomic E-state index is 12.3. The van der Waals surface area contributed by atoms with Crippen LogP contribution in [0.4, 0.5) is 0 Å². The Labute approximate surface area is 124 Å². The Morgan fingerprint density at radius 3 is 2.70 bits per heavy atom. The van der Waals surface area contributed by atoms with Gasteiger partial charge in [0, 0.05) is 18.3 Å². The quantitative estimate of drug-likeness (QED) is 0.800. The summed E-state index contributed by atoms with van der Waals surface area (Å²) in [5.74, 6) is 0.486. The zero-order valence-electron chi connectivity index (χ0n) is 11.8. The van der Waals surface area contributed by atoms with Crippen molar-refractivity contribution in [3.05, 3.63) is 0 Å². The van der Waals surface area contributed by atoms with Crippen LogP contribution in [-0.2, 0) is 9.59 Å². The number of hydrogen-bond acceptors (Lipinski definition) is 4. The van der Waals surface area contributed by atoms with Gasteiger partial charge in [-0.25, -0.2) is 0 Å². The highest BCUT2D eigenvalue weighted by molar-refractivity contribution is 8.00. The third-order valence-corrected chi connectivity index (χ3v) is 5.45. The second kappa shape index (κ2) is 7.31. The van der Waals surface area contributed by atoms with E-state index in [9.17, 15) is 9.59 Å². The molecule has 1 amide bonds. The minimum atomic E-state index is -1.00. The lowest BCUT2D eigenvalue weighted by Gasteiger charge is -2.44. The van der Waals surface area contributed by atoms with Crippen molar-refractivity contribution in [3.8, 4) is 0 Å². The first-order valence-corrected chi connectivity index (χ1v) is 8.60. The van der Waals surface area contributed by atoms with Gasteiger partial charge in [-0.1, -0.05) is 12.8 Å². The Morgan fingerprint density at radius 2 is 1.95 bits per heavy atom. The number of likely N-dealkylation sites (tertiary alicyclic amines) is 1. The molecule has 20 heavy (non-hydrogen) atoms. The molecule has 1 saturated heterocycles. The topological polar surface area (TPSA) is 83.6 Å². The molecule has 1 saturated carbocycles. The lowest BCUT2D eigenvalue weighted by atomic mass is 9.78. The number of thioether (sulfide) groups is 1. The van der Waals surface area contributed by atoms with Crippen LogP contribution in [-0.4, -0.2) is 52.0 Å². The van der Waals surface area contributed by atoms with Crippen LogP contribution in [0.5, 0.6) is 0 Å². The molecule has 0 radical (unpaired) electrons. The van der Waals surface area contributed by atoms with Crippen LogP contribution in [0, 0.1) is 5.92 Å². The summed E-state index contributed by atoms with van der Waals surface area (Å²) in [4.78, 5) is 25.0. The lowest BCUT2D eigenvalue weighted by Crippen LogP contribution is -2.50. The molecule has 3 N–H and O–H groups in total. The second-order valence-electron chi connectivity index (χ2n) is 5.80. The summed E-state index contributed by atoms with van der Waals surface area (Å²) in [6.45, 7) is 0.867. The van der Waals surface area contributed by atoms with Gasteiger partial charge in [-0.15, -0.1) is 11.8 Å². The monoisotopic (exact) mass is 300 g/mol. The number of aliphatic carboxylic acids is 1. The minimum Gasteiger partial charge on any atom is -0.480 e. The number of carbonyl (C=O) groups is 2. The van der Waals surface area contributed by atoms with E-state index in [1.807, 2.05) is 4.90 Å². The smallest absolute Gasteiger partial charge is 0.321 e. The Hall–Kier alpha value is -0.750. The van der Waals surface area contributed by atoms with E-state index in [4.69, 9.17) is 10.8 Å². The molecule has 0 aromatic rings. The van der Waals surface area contributed by atoms with Gasteiger partial charge in [0.15, 0.2) is 0 Å². The van der Waals surface area contributed by atoms with Crippen molar-refractivity contribution < 1.29 is 14.7 Å². The number of piperidine rings is 1. The van der Waals surface area contributed by atoms with Crippen LogP contribution in [0.25, 0.3) is 0 Å². The largest absolute Gasteiger partial charge is 0.480 e. The molecule has 0 aromatic heterocycles. The van der Waals surface area contributed by atoms with Gasteiger partial charge in [0.05, 0.1) is 5.75 Å². The van der Waals surface area contributed by atoms with Gasteiger partial charge >= 0.3 is 5.97 Å². The predicted octanol–water partition coefficient (Wildman–Crippen LogP) is 1.31. The van der Waals surface area contributed by atoms with Gasteiger partial charge in [-0.2, -0.15) is 0 Å². The van der Waals surface area contributed by atoms with Crippen molar-refractivity contribution in [1.82, 2.24) is 4.90 Å². The highest BCUT2D eigenvalue weighted by Gasteiger charge is 2.35. The van der Waals surface area contributed by atoms with Gasteiger partial charge < -0.3 is 15.7 Å². The molecule has 1 aliphatic carbocycles. The Bertz CT molecular complexity index is 362. The normalized spacial score (nSPS) is 27.8. The average molecular weight is 300 g/mol. The van der Waals surface area contributed by atoms with Crippen molar-refractivity contribution in [2.75, 3.05) is 18.1 Å². The molecule has 0 spiro atoms. The summed E-state index contributed by atoms with van der Waals surface area (Å²) >= 11 is 1.33. The first-order chi connectivity index (χ1) is 9.59. The van der Waals surface area contributed by atoms with Crippen molar-refractivity contribution in [2.24, 2.45) is 11.7 Å². The average Bonchev–Trinajstić information content (AvgIpc) is 2.46. The van der Waals surface area contributed by atoms with Gasteiger partial charge in [0.1, 0.15) is 6.04 Å². The van der Waals surface area contributed by atoms with E-state index in [1.54, 1.807) is 0 Å². The number of carbonyl (C=O) groups excluding carboxylic acids is 1. The molecule has 2 aliphatic rings. The summed E-state index contributed by atoms with van der Waals surface area (Å²) in [7, 11) is 0. The molecule has 2 unspecified atom stereocenters. The molecule has 1 heterocycles. The maximum atomic E-state index is 12.3. The van der Waals surface area contributed by atoms with E-state index in [-0.39, 0.29) is 5.91 Å². The molecule has 2 rings (SSSR count). The number of amides is 1. The van der Waals surface area contributed by atoms with Crippen molar-refractivity contribution in [1.29, 1.82) is 0 Å². The number of nitrogens with zero attached hydrogens (tertiary/aromatic N) is 1. The number of fused-ring (bicyclic) bond motifs is 1. The number of carboxylic acid groups (broad SMARTS) is 1. The van der Waals surface area contributed by atoms with Crippen LogP contribution in [0.2, 0.25) is 0 Å². The number of nitrogens with two attached hydrogens (primary N) is 1. The van der Waals surface area contributed by atoms with E-state index in [2.05, 4.69) is 0 Å². The predicted molar refractivity (Wildman–Crippen MR) is 79.6 cm³/mol. The van der Waals surface area contributed by atoms with Crippen LogP contribution >= 0.6 is 11.8 Å². The van der Waals surface area contributed by atoms with Gasteiger partial charge in [0.2, 0.25) is 5.91 Å². The third-order valence-electron chi connectivity index (χ3n) is 4.40. The highest BCUT2D eigenvalue weighted by atomic mass is 32.2. The van der Waals surface area contributed by atoms with Crippen LogP contribution in [0.1, 0.15) is 38.5 Å². The number of hydrogen-bond donors (Lipinski definition) is 2. The van der Waals surface area contributed by atoms with Crippen LogP contribution in [0.15, 0.2) is 0 Å². The summed E-state index contributed by atoms with van der Waals surface area (Å²) < 4.78 is 0. The molecule has 114 valence electrons. The maximum Gasteiger partial charge on any atom is 0.321 e. The highest BCUT2D eigenvalue weighted by Crippen LogP contribution is 2.35. The van der Waals surface area contributed by atoms with E-state index in [0.717, 1.165) is 19.4 Å². The second-order valence-corrected chi connectivity index (χ2v) is 6.83. The van der Waals surface area contributed by atoms with E-state index >= 15 is 0 Å². The third kappa shape index (κ3) is 3.88. The van der Waals surface area contributed by atoms with Crippen molar-refractivity contribution in [2.45, 2.75) is 50.6 Å². The Morgan fingerprint density at radius 1 is 1.25 bits per heavy atom. The standard InChI is InChI=1S/C14H24N2O3S/c15-11(14(18)19)8-20-9-13(17)16-7-3-5-10-4-1-2-6-12(10)16/h10-12H,1-9,15H2,(H,18,19)/t10?,11-,12?/m0/s1. The van der Waals surface area contributed by atoms with Crippen LogP contribution < -0.4 is 5.73 Å². The first kappa shape index (κ1) is 15.6. The SMILES string of the molecule is N[C@@H](CSCC(=O)N1CCCC2CCCCC21)C(=O)O. The van der Waals surface area contributed by atoms with Crippen molar-refractivity contribution in [3.63, 3.8) is 0 Å². The van der Waals surface area contributed by atoms with Gasteiger partial charge in [-0.3, -0.25) is 9.59 Å². The fourth-order valence-corrected chi connectivity index (χ4v) is 4.22. The molecule has 2 fully saturated rings. The molecule has 3 atom stereocenters. The lowest BCUT2D eigenvalue weighted by molar-refractivity contribution is -0.138. The molecule has 6 heteroatoms. The molecular weight excluding hydrogens is 276 g/mol. The zero-order valence-corrected chi connectivity index (χ0v) is 12.6. The first-order valence-electron chi connectivity index (χ1n) is 7.45. The number of rotatable bonds is 5. The van der Waals surface area contributed by atoms with E-state index < -0.39 is 12.0 Å². The molecule has 0 bridgehead atoms. The molecule has 0 aromatic carbocycles.